The van der Waals surface area contributed by atoms with Crippen LogP contribution < -0.4 is 5.32 Å². The molecule has 0 heterocycles. The predicted octanol–water partition coefficient (Wildman–Crippen LogP) is 5.16. The molecule has 1 atom stereocenters. The Morgan fingerprint density at radius 1 is 1.10 bits per heavy atom. The van der Waals surface area contributed by atoms with Crippen molar-refractivity contribution in [1.29, 1.82) is 0 Å². The van der Waals surface area contributed by atoms with Gasteiger partial charge in [-0.25, -0.2) is 0 Å². The quantitative estimate of drug-likeness (QED) is 0.788. The van der Waals surface area contributed by atoms with Crippen molar-refractivity contribution in [2.24, 2.45) is 0 Å². The van der Waals surface area contributed by atoms with Crippen molar-refractivity contribution in [1.82, 2.24) is 0 Å². The fraction of sp³-hybridized carbons (Fsp3) is 0.294. The maximum atomic E-state index is 5.30. The summed E-state index contributed by atoms with van der Waals surface area (Å²) < 4.78 is 6.38. The monoisotopic (exact) mass is 333 g/mol. The van der Waals surface area contributed by atoms with Crippen LogP contribution in [-0.2, 0) is 11.3 Å². The summed E-state index contributed by atoms with van der Waals surface area (Å²) in [6.45, 7) is 2.79. The van der Waals surface area contributed by atoms with Gasteiger partial charge in [-0.1, -0.05) is 59.3 Å². The number of benzene rings is 2. The summed E-state index contributed by atoms with van der Waals surface area (Å²) in [5.41, 5.74) is 3.58. The minimum absolute atomic E-state index is 0.307. The van der Waals surface area contributed by atoms with E-state index in [9.17, 15) is 0 Å². The molecule has 2 aromatic carbocycles. The van der Waals surface area contributed by atoms with Crippen LogP contribution in [0.1, 0.15) is 30.5 Å². The molecule has 0 amide bonds. The molecule has 2 aromatic rings. The fourth-order valence-corrected chi connectivity index (χ4v) is 2.76. The van der Waals surface area contributed by atoms with Gasteiger partial charge in [0, 0.05) is 22.8 Å². The molecule has 0 saturated heterocycles. The van der Waals surface area contributed by atoms with E-state index in [-0.39, 0.29) is 0 Å². The summed E-state index contributed by atoms with van der Waals surface area (Å²) in [4.78, 5) is 0. The van der Waals surface area contributed by atoms with Crippen LogP contribution >= 0.6 is 15.9 Å². The van der Waals surface area contributed by atoms with Gasteiger partial charge in [-0.15, -0.1) is 0 Å². The number of halogens is 1. The van der Waals surface area contributed by atoms with Gasteiger partial charge < -0.3 is 10.1 Å². The van der Waals surface area contributed by atoms with E-state index in [1.807, 2.05) is 18.2 Å². The van der Waals surface area contributed by atoms with Gasteiger partial charge in [0.25, 0.3) is 0 Å². The summed E-state index contributed by atoms with van der Waals surface area (Å²) in [6, 6.07) is 17.0. The molecule has 0 aromatic heterocycles. The number of ether oxygens (including phenoxy) is 1. The molecule has 0 aliphatic carbocycles. The average Bonchev–Trinajstić information content (AvgIpc) is 2.49. The van der Waals surface area contributed by atoms with Crippen molar-refractivity contribution in [2.45, 2.75) is 26.0 Å². The molecule has 106 valence electrons. The lowest BCUT2D eigenvalue weighted by atomic mass is 10.0. The third-order valence-corrected chi connectivity index (χ3v) is 4.09. The molecule has 0 aliphatic rings. The zero-order valence-electron chi connectivity index (χ0n) is 11.9. The highest BCUT2D eigenvalue weighted by atomic mass is 79.9. The first-order valence-corrected chi connectivity index (χ1v) is 7.63. The highest BCUT2D eigenvalue weighted by Crippen LogP contribution is 2.29. The van der Waals surface area contributed by atoms with Crippen molar-refractivity contribution in [3.05, 3.63) is 64.1 Å². The molecule has 20 heavy (non-hydrogen) atoms. The highest BCUT2D eigenvalue weighted by Gasteiger charge is 2.12. The Bertz CT molecular complexity index is 542. The Hall–Kier alpha value is -1.32. The summed E-state index contributed by atoms with van der Waals surface area (Å²) >= 11 is 3.60. The third kappa shape index (κ3) is 3.62. The first kappa shape index (κ1) is 15.1. The summed E-state index contributed by atoms with van der Waals surface area (Å²) in [6.07, 6.45) is 1.03. The van der Waals surface area contributed by atoms with Crippen LogP contribution in [0, 0.1) is 0 Å². The Morgan fingerprint density at radius 2 is 1.85 bits per heavy atom. The van der Waals surface area contributed by atoms with Gasteiger partial charge in [0.05, 0.1) is 12.6 Å². The van der Waals surface area contributed by atoms with E-state index in [1.165, 1.54) is 5.56 Å². The fourth-order valence-electron chi connectivity index (χ4n) is 2.28. The van der Waals surface area contributed by atoms with Crippen molar-refractivity contribution >= 4 is 21.6 Å². The molecule has 0 aliphatic heterocycles. The van der Waals surface area contributed by atoms with Gasteiger partial charge in [0.15, 0.2) is 0 Å². The van der Waals surface area contributed by atoms with Gasteiger partial charge in [0.1, 0.15) is 0 Å². The first-order valence-electron chi connectivity index (χ1n) is 6.84. The lowest BCUT2D eigenvalue weighted by Gasteiger charge is -2.21. The molecular weight excluding hydrogens is 314 g/mol. The third-order valence-electron chi connectivity index (χ3n) is 3.35. The van der Waals surface area contributed by atoms with Crippen LogP contribution in [0.4, 0.5) is 5.69 Å². The van der Waals surface area contributed by atoms with E-state index in [2.05, 4.69) is 58.5 Å². The lowest BCUT2D eigenvalue weighted by molar-refractivity contribution is 0.185. The van der Waals surface area contributed by atoms with Gasteiger partial charge >= 0.3 is 0 Å². The van der Waals surface area contributed by atoms with E-state index in [0.29, 0.717) is 12.6 Å². The van der Waals surface area contributed by atoms with Crippen molar-refractivity contribution in [3.63, 3.8) is 0 Å². The largest absolute Gasteiger partial charge is 0.380 e. The number of nitrogens with one attached hydrogen (secondary N) is 1. The predicted molar refractivity (Wildman–Crippen MR) is 88.0 cm³/mol. The molecule has 1 unspecified atom stereocenters. The summed E-state index contributed by atoms with van der Waals surface area (Å²) in [5.74, 6) is 0. The average molecular weight is 334 g/mol. The van der Waals surface area contributed by atoms with Crippen LogP contribution in [-0.4, -0.2) is 7.11 Å². The SMILES string of the molecule is CCC(Nc1cccc(Br)c1COC)c1ccccc1. The van der Waals surface area contributed by atoms with E-state index in [4.69, 9.17) is 4.74 Å². The maximum absolute atomic E-state index is 5.30. The number of anilines is 1. The van der Waals surface area contributed by atoms with E-state index >= 15 is 0 Å². The molecular formula is C17H20BrNO. The highest BCUT2D eigenvalue weighted by molar-refractivity contribution is 9.10. The topological polar surface area (TPSA) is 21.3 Å². The Balaban J connectivity index is 2.26. The van der Waals surface area contributed by atoms with Crippen LogP contribution in [0.15, 0.2) is 53.0 Å². The van der Waals surface area contributed by atoms with Crippen molar-refractivity contribution in [3.8, 4) is 0 Å². The normalized spacial score (nSPS) is 12.2. The van der Waals surface area contributed by atoms with Crippen LogP contribution in [0.5, 0.6) is 0 Å². The summed E-state index contributed by atoms with van der Waals surface area (Å²) in [7, 11) is 1.72. The van der Waals surface area contributed by atoms with Gasteiger partial charge in [0.2, 0.25) is 0 Å². The second-order valence-corrected chi connectivity index (χ2v) is 5.57. The minimum Gasteiger partial charge on any atom is -0.380 e. The first-order chi connectivity index (χ1) is 9.76. The van der Waals surface area contributed by atoms with Gasteiger partial charge in [-0.05, 0) is 24.1 Å². The number of rotatable bonds is 6. The molecule has 3 heteroatoms. The molecule has 0 saturated carbocycles. The number of methoxy groups -OCH3 is 1. The Kier molecular flexibility index (Phi) is 5.62. The zero-order chi connectivity index (χ0) is 14.4. The lowest BCUT2D eigenvalue weighted by Crippen LogP contribution is -2.11. The van der Waals surface area contributed by atoms with Crippen LogP contribution in [0.2, 0.25) is 0 Å². The summed E-state index contributed by atoms with van der Waals surface area (Å²) in [5, 5.41) is 3.63. The molecule has 0 bridgehead atoms. The second kappa shape index (κ2) is 7.46. The van der Waals surface area contributed by atoms with Gasteiger partial charge in [-0.3, -0.25) is 0 Å². The van der Waals surface area contributed by atoms with Crippen molar-refractivity contribution in [2.75, 3.05) is 12.4 Å². The Morgan fingerprint density at radius 3 is 2.50 bits per heavy atom. The molecule has 0 fully saturated rings. The standard InChI is InChI=1S/C17H20BrNO/c1-3-16(13-8-5-4-6-9-13)19-17-11-7-10-15(18)14(17)12-20-2/h4-11,16,19H,3,12H2,1-2H3. The minimum atomic E-state index is 0.307. The smallest absolute Gasteiger partial charge is 0.0744 e. The van der Waals surface area contributed by atoms with E-state index in [0.717, 1.165) is 22.1 Å². The second-order valence-electron chi connectivity index (χ2n) is 4.71. The van der Waals surface area contributed by atoms with Gasteiger partial charge in [-0.2, -0.15) is 0 Å². The van der Waals surface area contributed by atoms with Crippen molar-refractivity contribution < 1.29 is 4.74 Å². The zero-order valence-corrected chi connectivity index (χ0v) is 13.5. The molecule has 1 N–H and O–H groups in total. The van der Waals surface area contributed by atoms with Crippen LogP contribution in [0.25, 0.3) is 0 Å². The van der Waals surface area contributed by atoms with E-state index < -0.39 is 0 Å². The molecule has 2 nitrogen and oxygen atoms in total. The molecule has 2 rings (SSSR count). The van der Waals surface area contributed by atoms with E-state index in [1.54, 1.807) is 7.11 Å². The van der Waals surface area contributed by atoms with Crippen LogP contribution in [0.3, 0.4) is 0 Å². The maximum Gasteiger partial charge on any atom is 0.0744 e. The number of hydrogen-bond acceptors (Lipinski definition) is 2. The Labute approximate surface area is 129 Å². The molecule has 0 spiro atoms. The molecule has 0 radical (unpaired) electrons. The number of hydrogen-bond donors (Lipinski definition) is 1.